The van der Waals surface area contributed by atoms with Crippen LogP contribution in [0, 0.1) is 11.7 Å². The lowest BCUT2D eigenvalue weighted by Crippen LogP contribution is -2.57. The van der Waals surface area contributed by atoms with Gasteiger partial charge in [-0.25, -0.2) is 23.5 Å². The Balaban J connectivity index is 2.72. The van der Waals surface area contributed by atoms with E-state index in [4.69, 9.17) is 14.2 Å². The molecule has 1 aromatic carbocycles. The monoisotopic (exact) mass is 636 g/mol. The highest BCUT2D eigenvalue weighted by Gasteiger charge is 2.58. The Morgan fingerprint density at radius 3 is 2.42 bits per heavy atom. The Morgan fingerprint density at radius 1 is 1.26 bits per heavy atom. The van der Waals surface area contributed by atoms with Crippen LogP contribution in [0.5, 0.6) is 0 Å². The average Bonchev–Trinajstić information content (AvgIpc) is 2.80. The van der Waals surface area contributed by atoms with Crippen LogP contribution in [0.25, 0.3) is 0 Å². The van der Waals surface area contributed by atoms with Crippen molar-refractivity contribution in [3.63, 3.8) is 0 Å². The second-order valence-electron chi connectivity index (χ2n) is 11.8. The SMILES string of the molecule is COC(=O)[C@@]1(C)SC(N(COCC[Si](C)(C)C)C(=O)OC(C)(C)C)=N[C@](CF)(c2cc(Br)ccc2F)[C@@H]1C. The first kappa shape index (κ1) is 32.7. The van der Waals surface area contributed by atoms with Crippen molar-refractivity contribution in [1.82, 2.24) is 4.90 Å². The summed E-state index contributed by atoms with van der Waals surface area (Å²) in [6.45, 7) is 14.0. The molecule has 0 fully saturated rings. The zero-order chi connectivity index (χ0) is 29.1. The highest BCUT2D eigenvalue weighted by atomic mass is 79.9. The fourth-order valence-corrected chi connectivity index (χ4v) is 6.42. The quantitative estimate of drug-likeness (QED) is 0.133. The molecule has 1 aromatic rings. The molecule has 12 heteroatoms. The van der Waals surface area contributed by atoms with Crippen molar-refractivity contribution < 1.29 is 32.6 Å². The van der Waals surface area contributed by atoms with Crippen LogP contribution in [0.4, 0.5) is 13.6 Å². The molecule has 0 bridgehead atoms. The van der Waals surface area contributed by atoms with Crippen LogP contribution in [0.15, 0.2) is 27.7 Å². The summed E-state index contributed by atoms with van der Waals surface area (Å²) in [5.74, 6) is -2.20. The van der Waals surface area contributed by atoms with Gasteiger partial charge in [0.15, 0.2) is 5.17 Å². The number of carbonyl (C=O) groups excluding carboxylic acids is 2. The molecule has 0 unspecified atom stereocenters. The average molecular weight is 638 g/mol. The third kappa shape index (κ3) is 7.57. The number of thioether (sulfide) groups is 1. The lowest BCUT2D eigenvalue weighted by Gasteiger charge is -2.47. The summed E-state index contributed by atoms with van der Waals surface area (Å²) in [6.07, 6.45) is -0.777. The molecule has 1 amide bonds. The standard InChI is InChI=1S/C26H39BrF2N2O5SSi/c1-17-25(5,21(32)34-6)37-22(30-26(17,15-28)19-14-18(27)10-11-20(19)29)31(23(33)36-24(2,3)4)16-35-12-13-38(7,8)9/h10-11,14,17H,12-13,15-16H2,1-9H3/t17-,25+,26+/m1/s1. The number of rotatable bonds is 8. The summed E-state index contributed by atoms with van der Waals surface area (Å²) in [5, 5.41) is -0.0183. The fourth-order valence-electron chi connectivity index (χ4n) is 3.94. The third-order valence-electron chi connectivity index (χ3n) is 6.39. The topological polar surface area (TPSA) is 77.4 Å². The van der Waals surface area contributed by atoms with Gasteiger partial charge < -0.3 is 14.2 Å². The number of halogens is 3. The first-order valence-electron chi connectivity index (χ1n) is 12.4. The number of benzene rings is 1. The lowest BCUT2D eigenvalue weighted by atomic mass is 9.73. The largest absolute Gasteiger partial charge is 0.468 e. The molecule has 1 aliphatic heterocycles. The zero-order valence-corrected chi connectivity index (χ0v) is 27.0. The number of carbonyl (C=O) groups is 2. The number of nitrogens with zero attached hydrogens (tertiary/aromatic N) is 2. The van der Waals surface area contributed by atoms with E-state index in [9.17, 15) is 9.59 Å². The van der Waals surface area contributed by atoms with Gasteiger partial charge in [-0.3, -0.25) is 4.79 Å². The van der Waals surface area contributed by atoms with E-state index < -0.39 is 54.4 Å². The molecule has 2 rings (SSSR count). The van der Waals surface area contributed by atoms with E-state index in [1.165, 1.54) is 25.3 Å². The molecule has 0 spiro atoms. The van der Waals surface area contributed by atoms with Gasteiger partial charge in [0.1, 0.15) is 35.1 Å². The molecule has 1 heterocycles. The van der Waals surface area contributed by atoms with E-state index in [1.54, 1.807) is 34.6 Å². The highest BCUT2D eigenvalue weighted by molar-refractivity contribution is 9.10. The molecule has 0 radical (unpaired) electrons. The molecule has 7 nitrogen and oxygen atoms in total. The smallest absolute Gasteiger partial charge is 0.418 e. The minimum absolute atomic E-state index is 0.0183. The van der Waals surface area contributed by atoms with Crippen molar-refractivity contribution >= 4 is 53.0 Å². The second-order valence-corrected chi connectivity index (χ2v) is 19.7. The summed E-state index contributed by atoms with van der Waals surface area (Å²) < 4.78 is 46.2. The van der Waals surface area contributed by atoms with Crippen molar-refractivity contribution in [3.8, 4) is 0 Å². The Morgan fingerprint density at radius 2 is 1.89 bits per heavy atom. The van der Waals surface area contributed by atoms with Gasteiger partial charge in [0.25, 0.3) is 0 Å². The van der Waals surface area contributed by atoms with Crippen LogP contribution in [0.3, 0.4) is 0 Å². The molecule has 0 N–H and O–H groups in total. The summed E-state index contributed by atoms with van der Waals surface area (Å²) >= 11 is 4.28. The van der Waals surface area contributed by atoms with Crippen LogP contribution in [-0.2, 0) is 24.5 Å². The van der Waals surface area contributed by atoms with Crippen molar-refractivity contribution in [3.05, 3.63) is 34.1 Å². The van der Waals surface area contributed by atoms with Gasteiger partial charge >= 0.3 is 12.1 Å². The minimum Gasteiger partial charge on any atom is -0.468 e. The number of ether oxygens (including phenoxy) is 3. The van der Waals surface area contributed by atoms with Gasteiger partial charge in [0, 0.05) is 30.6 Å². The number of amides is 1. The predicted octanol–water partition coefficient (Wildman–Crippen LogP) is 6.97. The van der Waals surface area contributed by atoms with Crippen LogP contribution in [0.2, 0.25) is 25.7 Å². The Kier molecular flexibility index (Phi) is 10.6. The molecule has 3 atom stereocenters. The van der Waals surface area contributed by atoms with Crippen LogP contribution in [-0.4, -0.2) is 67.7 Å². The maximum absolute atomic E-state index is 15.3. The molecule has 0 saturated carbocycles. The molecule has 1 aliphatic rings. The second kappa shape index (κ2) is 12.3. The number of hydrogen-bond donors (Lipinski definition) is 0. The maximum atomic E-state index is 15.3. The van der Waals surface area contributed by atoms with Gasteiger partial charge in [0.05, 0.1) is 7.11 Å². The molecule has 0 aromatic heterocycles. The van der Waals surface area contributed by atoms with Gasteiger partial charge in [-0.05, 0) is 51.9 Å². The van der Waals surface area contributed by atoms with Gasteiger partial charge in [-0.1, -0.05) is 54.3 Å². The Hall–Kier alpha value is -1.50. The molecule has 0 aliphatic carbocycles. The molecular formula is C26H39BrF2N2O5SSi. The van der Waals surface area contributed by atoms with Gasteiger partial charge in [0.2, 0.25) is 0 Å². The first-order valence-corrected chi connectivity index (χ1v) is 17.7. The van der Waals surface area contributed by atoms with E-state index in [0.717, 1.165) is 22.7 Å². The van der Waals surface area contributed by atoms with Crippen molar-refractivity contribution in [1.29, 1.82) is 0 Å². The van der Waals surface area contributed by atoms with Crippen molar-refractivity contribution in [2.45, 2.75) is 76.2 Å². The first-order chi connectivity index (χ1) is 17.4. The van der Waals surface area contributed by atoms with Crippen LogP contribution in [0.1, 0.15) is 40.2 Å². The van der Waals surface area contributed by atoms with Crippen LogP contribution >= 0.6 is 27.7 Å². The molecule has 214 valence electrons. The normalized spacial score (nSPS) is 24.0. The highest BCUT2D eigenvalue weighted by Crippen LogP contribution is 2.52. The Labute approximate surface area is 238 Å². The van der Waals surface area contributed by atoms with Crippen molar-refractivity contribution in [2.75, 3.05) is 27.1 Å². The van der Waals surface area contributed by atoms with E-state index in [-0.39, 0.29) is 17.5 Å². The summed E-state index contributed by atoms with van der Waals surface area (Å²) in [6, 6.07) is 5.00. The van der Waals surface area contributed by atoms with E-state index in [1.807, 2.05) is 0 Å². The van der Waals surface area contributed by atoms with Crippen molar-refractivity contribution in [2.24, 2.45) is 10.9 Å². The summed E-state index contributed by atoms with van der Waals surface area (Å²) in [5.41, 5.74) is -2.73. The van der Waals surface area contributed by atoms with E-state index in [2.05, 4.69) is 40.6 Å². The van der Waals surface area contributed by atoms with E-state index in [0.29, 0.717) is 11.1 Å². The third-order valence-corrected chi connectivity index (χ3v) is 10.0. The van der Waals surface area contributed by atoms with Gasteiger partial charge in [-0.2, -0.15) is 0 Å². The predicted molar refractivity (Wildman–Crippen MR) is 153 cm³/mol. The van der Waals surface area contributed by atoms with Gasteiger partial charge in [-0.15, -0.1) is 0 Å². The maximum Gasteiger partial charge on any atom is 0.418 e. The Bertz CT molecular complexity index is 1070. The molecule has 38 heavy (non-hydrogen) atoms. The molecular weight excluding hydrogens is 598 g/mol. The summed E-state index contributed by atoms with van der Waals surface area (Å²) in [7, 11) is -0.192. The fraction of sp³-hybridized carbons (Fsp3) is 0.654. The number of amidine groups is 1. The lowest BCUT2D eigenvalue weighted by molar-refractivity contribution is -0.145. The van der Waals surface area contributed by atoms with Crippen LogP contribution < -0.4 is 0 Å². The number of hydrogen-bond acceptors (Lipinski definition) is 7. The summed E-state index contributed by atoms with van der Waals surface area (Å²) in [4.78, 5) is 32.3. The zero-order valence-electron chi connectivity index (χ0n) is 23.6. The minimum atomic E-state index is -1.84. The number of esters is 1. The number of aliphatic imine (C=N–C) groups is 1. The number of methoxy groups -OCH3 is 1. The number of alkyl halides is 1. The molecule has 0 saturated heterocycles. The van der Waals surface area contributed by atoms with E-state index >= 15 is 8.78 Å².